The van der Waals surface area contributed by atoms with Gasteiger partial charge in [-0.1, -0.05) is 13.0 Å². The number of hydrogen-bond donors (Lipinski definition) is 2. The number of carbonyl (C=O) groups excluding carboxylic acids is 1. The predicted molar refractivity (Wildman–Crippen MR) is 101 cm³/mol. The van der Waals surface area contributed by atoms with Gasteiger partial charge >= 0.3 is 0 Å². The summed E-state index contributed by atoms with van der Waals surface area (Å²) < 4.78 is 28.0. The highest BCUT2D eigenvalue weighted by atomic mass is 32.2. The molecule has 1 atom stereocenters. The van der Waals surface area contributed by atoms with Gasteiger partial charge in [0.05, 0.1) is 10.9 Å². The molecule has 1 saturated heterocycles. The van der Waals surface area contributed by atoms with Gasteiger partial charge in [-0.05, 0) is 68.0 Å². The molecule has 1 fully saturated rings. The smallest absolute Gasteiger partial charge is 0.240 e. The number of benzene rings is 1. The Morgan fingerprint density at radius 1 is 1.23 bits per heavy atom. The number of hydrogen-bond acceptors (Lipinski definition) is 4. The molecule has 0 bridgehead atoms. The number of carbonyl (C=O) groups is 1. The van der Waals surface area contributed by atoms with Gasteiger partial charge in [-0.2, -0.15) is 0 Å². The number of likely N-dealkylation sites (tertiary alicyclic amines) is 1. The summed E-state index contributed by atoms with van der Waals surface area (Å²) in [6, 6.07) is 5.17. The third kappa shape index (κ3) is 4.64. The molecular formula is C19H29N3O3S. The van der Waals surface area contributed by atoms with Crippen LogP contribution in [0, 0.1) is 5.92 Å². The number of aryl methyl sites for hydroxylation is 1. The van der Waals surface area contributed by atoms with Crippen LogP contribution in [-0.2, 0) is 21.2 Å². The van der Waals surface area contributed by atoms with Gasteiger partial charge in [0, 0.05) is 20.0 Å². The minimum Gasteiger partial charge on any atom is -0.350 e. The van der Waals surface area contributed by atoms with Crippen molar-refractivity contribution in [2.45, 2.75) is 50.5 Å². The van der Waals surface area contributed by atoms with Crippen molar-refractivity contribution >= 4 is 15.9 Å². The van der Waals surface area contributed by atoms with Crippen LogP contribution in [0.4, 0.5) is 0 Å². The van der Waals surface area contributed by atoms with Gasteiger partial charge < -0.3 is 10.2 Å². The number of sulfonamides is 1. The van der Waals surface area contributed by atoms with E-state index in [-0.39, 0.29) is 16.8 Å². The maximum absolute atomic E-state index is 12.6. The maximum atomic E-state index is 12.6. The molecule has 1 heterocycles. The largest absolute Gasteiger partial charge is 0.350 e. The Kier molecular flexibility index (Phi) is 5.99. The number of nitrogens with zero attached hydrogens (tertiary/aromatic N) is 1. The van der Waals surface area contributed by atoms with Gasteiger partial charge in [-0.3, -0.25) is 4.79 Å². The van der Waals surface area contributed by atoms with Crippen LogP contribution in [-0.4, -0.2) is 45.4 Å². The fourth-order valence-electron chi connectivity index (χ4n) is 3.85. The van der Waals surface area contributed by atoms with Crippen LogP contribution >= 0.6 is 0 Å². The highest BCUT2D eigenvalue weighted by Gasteiger charge is 2.26. The van der Waals surface area contributed by atoms with E-state index < -0.39 is 10.0 Å². The molecule has 1 aliphatic heterocycles. The summed E-state index contributed by atoms with van der Waals surface area (Å²) in [4.78, 5) is 14.0. The molecule has 2 aliphatic rings. The summed E-state index contributed by atoms with van der Waals surface area (Å²) in [5.74, 6) is 0.677. The molecule has 0 radical (unpaired) electrons. The van der Waals surface area contributed by atoms with E-state index in [1.54, 1.807) is 12.1 Å². The Labute approximate surface area is 156 Å². The standard InChI is InChI=1S/C19H29N3O3S/c1-14-7-10-22(11-8-14)12-9-20-26(24,25)17-5-3-16-4-6-19(18(16)13-17)21-15(2)23/h3,5,13-14,19-20H,4,6-12H2,1-2H3,(H,21,23). The monoisotopic (exact) mass is 379 g/mol. The Hall–Kier alpha value is -1.44. The number of nitrogens with one attached hydrogen (secondary N) is 2. The van der Waals surface area contributed by atoms with E-state index in [9.17, 15) is 13.2 Å². The number of amides is 1. The lowest BCUT2D eigenvalue weighted by Gasteiger charge is -2.30. The number of piperidine rings is 1. The normalized spacial score (nSPS) is 21.5. The number of fused-ring (bicyclic) bond motifs is 1. The van der Waals surface area contributed by atoms with Crippen LogP contribution in [0.3, 0.4) is 0 Å². The Morgan fingerprint density at radius 2 is 1.96 bits per heavy atom. The molecule has 0 saturated carbocycles. The molecule has 0 aromatic heterocycles. The zero-order valence-corrected chi connectivity index (χ0v) is 16.4. The lowest BCUT2D eigenvalue weighted by molar-refractivity contribution is -0.119. The predicted octanol–water partition coefficient (Wildman–Crippen LogP) is 1.82. The fraction of sp³-hybridized carbons (Fsp3) is 0.632. The van der Waals surface area contributed by atoms with E-state index in [0.29, 0.717) is 6.54 Å². The highest BCUT2D eigenvalue weighted by Crippen LogP contribution is 2.32. The van der Waals surface area contributed by atoms with Crippen LogP contribution in [0.1, 0.15) is 50.3 Å². The van der Waals surface area contributed by atoms with Crippen molar-refractivity contribution in [2.75, 3.05) is 26.2 Å². The zero-order valence-electron chi connectivity index (χ0n) is 15.6. The Balaban J connectivity index is 1.61. The van der Waals surface area contributed by atoms with Crippen LogP contribution in [0.5, 0.6) is 0 Å². The van der Waals surface area contributed by atoms with Gasteiger partial charge in [0.1, 0.15) is 0 Å². The molecule has 1 aromatic rings. The Morgan fingerprint density at radius 3 is 2.65 bits per heavy atom. The highest BCUT2D eigenvalue weighted by molar-refractivity contribution is 7.89. The average Bonchev–Trinajstić information content (AvgIpc) is 2.98. The summed E-state index contributed by atoms with van der Waals surface area (Å²) in [6.45, 7) is 7.00. The van der Waals surface area contributed by atoms with Gasteiger partial charge in [-0.25, -0.2) is 13.1 Å². The third-order valence-corrected chi connectivity index (χ3v) is 6.94. The molecule has 6 nitrogen and oxygen atoms in total. The molecule has 0 spiro atoms. The summed E-state index contributed by atoms with van der Waals surface area (Å²) in [7, 11) is -3.53. The quantitative estimate of drug-likeness (QED) is 0.790. The first-order valence-electron chi connectivity index (χ1n) is 9.47. The molecule has 1 aliphatic carbocycles. The first-order valence-corrected chi connectivity index (χ1v) is 11.0. The van der Waals surface area contributed by atoms with E-state index >= 15 is 0 Å². The second kappa shape index (κ2) is 8.06. The second-order valence-electron chi connectivity index (χ2n) is 7.57. The Bertz CT molecular complexity index is 755. The average molecular weight is 380 g/mol. The lowest BCUT2D eigenvalue weighted by atomic mass is 9.99. The van der Waals surface area contributed by atoms with Gasteiger partial charge in [0.15, 0.2) is 0 Å². The summed E-state index contributed by atoms with van der Waals surface area (Å²) >= 11 is 0. The minimum absolute atomic E-state index is 0.0898. The van der Waals surface area contributed by atoms with Crippen molar-refractivity contribution in [3.63, 3.8) is 0 Å². The van der Waals surface area contributed by atoms with Gasteiger partial charge in [0.25, 0.3) is 0 Å². The molecule has 2 N–H and O–H groups in total. The molecule has 26 heavy (non-hydrogen) atoms. The van der Waals surface area contributed by atoms with E-state index in [1.807, 2.05) is 6.07 Å². The second-order valence-corrected chi connectivity index (χ2v) is 9.34. The van der Waals surface area contributed by atoms with Crippen molar-refractivity contribution < 1.29 is 13.2 Å². The van der Waals surface area contributed by atoms with Crippen molar-refractivity contribution in [3.8, 4) is 0 Å². The topological polar surface area (TPSA) is 78.5 Å². The van der Waals surface area contributed by atoms with Crippen LogP contribution in [0.15, 0.2) is 23.1 Å². The molecular weight excluding hydrogens is 350 g/mol. The SMILES string of the molecule is CC(=O)NC1CCc2ccc(S(=O)(=O)NCCN3CCC(C)CC3)cc21. The van der Waals surface area contributed by atoms with E-state index in [0.717, 1.165) is 49.5 Å². The molecule has 3 rings (SSSR count). The molecule has 144 valence electrons. The number of rotatable bonds is 6. The van der Waals surface area contributed by atoms with E-state index in [4.69, 9.17) is 0 Å². The molecule has 1 amide bonds. The van der Waals surface area contributed by atoms with Crippen LogP contribution in [0.2, 0.25) is 0 Å². The van der Waals surface area contributed by atoms with Gasteiger partial charge in [0.2, 0.25) is 15.9 Å². The zero-order chi connectivity index (χ0) is 18.7. The fourth-order valence-corrected chi connectivity index (χ4v) is 4.91. The first kappa shape index (κ1) is 19.3. The third-order valence-electron chi connectivity index (χ3n) is 5.48. The van der Waals surface area contributed by atoms with E-state index in [2.05, 4.69) is 21.9 Å². The van der Waals surface area contributed by atoms with Crippen molar-refractivity contribution in [3.05, 3.63) is 29.3 Å². The van der Waals surface area contributed by atoms with Crippen molar-refractivity contribution in [1.29, 1.82) is 0 Å². The lowest BCUT2D eigenvalue weighted by Crippen LogP contribution is -2.39. The molecule has 1 unspecified atom stereocenters. The summed E-state index contributed by atoms with van der Waals surface area (Å²) in [6.07, 6.45) is 4.05. The summed E-state index contributed by atoms with van der Waals surface area (Å²) in [5, 5.41) is 2.91. The maximum Gasteiger partial charge on any atom is 0.240 e. The van der Waals surface area contributed by atoms with Crippen LogP contribution in [0.25, 0.3) is 0 Å². The first-order chi connectivity index (χ1) is 12.3. The van der Waals surface area contributed by atoms with E-state index in [1.165, 1.54) is 19.8 Å². The summed E-state index contributed by atoms with van der Waals surface area (Å²) in [5.41, 5.74) is 2.04. The van der Waals surface area contributed by atoms with Crippen LogP contribution < -0.4 is 10.0 Å². The minimum atomic E-state index is -3.53. The van der Waals surface area contributed by atoms with Gasteiger partial charge in [-0.15, -0.1) is 0 Å². The molecule has 1 aromatic carbocycles. The van der Waals surface area contributed by atoms with Crippen molar-refractivity contribution in [2.24, 2.45) is 5.92 Å². The van der Waals surface area contributed by atoms with Crippen molar-refractivity contribution in [1.82, 2.24) is 14.9 Å². The molecule has 7 heteroatoms.